The van der Waals surface area contributed by atoms with Gasteiger partial charge < -0.3 is 4.57 Å². The fraction of sp³-hybridized carbons (Fsp3) is 0.0263. The maximum Gasteiger partial charge on any atom is 0.263 e. The van der Waals surface area contributed by atoms with E-state index in [1.807, 2.05) is 59.9 Å². The first kappa shape index (κ1) is 23.5. The third kappa shape index (κ3) is 3.23. The van der Waals surface area contributed by atoms with E-state index in [2.05, 4.69) is 90.0 Å². The molecule has 0 aliphatic heterocycles. The highest BCUT2D eigenvalue weighted by Crippen LogP contribution is 2.40. The molecule has 8 aromatic rings. The van der Waals surface area contributed by atoms with Crippen molar-refractivity contribution >= 4 is 61.0 Å². The SMILES string of the molecule is C=Cc1c(/C=C\C)n(-c2ccccc2)c2cc(-c3cc4c5ccccc5c(=O)n5c6ccccc6c(c3)c45)ccc12. The first-order valence-corrected chi connectivity index (χ1v) is 13.9. The Kier molecular flexibility index (Phi) is 5.04. The number of nitrogens with zero attached hydrogens (tertiary/aromatic N) is 2. The Hall–Kier alpha value is -5.41. The Labute approximate surface area is 236 Å². The second-order valence-electron chi connectivity index (χ2n) is 10.5. The molecule has 0 unspecified atom stereocenters. The number of benzene rings is 5. The van der Waals surface area contributed by atoms with Gasteiger partial charge in [0, 0.05) is 38.2 Å². The first-order chi connectivity index (χ1) is 20.2. The van der Waals surface area contributed by atoms with Crippen molar-refractivity contribution in [3.05, 3.63) is 143 Å². The molecule has 3 aromatic heterocycles. The van der Waals surface area contributed by atoms with Crippen molar-refractivity contribution in [3.63, 3.8) is 0 Å². The minimum atomic E-state index is 0.0302. The van der Waals surface area contributed by atoms with E-state index < -0.39 is 0 Å². The molecule has 3 heteroatoms. The van der Waals surface area contributed by atoms with Crippen LogP contribution in [0.15, 0.2) is 127 Å². The molecule has 0 saturated heterocycles. The van der Waals surface area contributed by atoms with Gasteiger partial charge in [-0.3, -0.25) is 9.20 Å². The molecule has 0 spiro atoms. The van der Waals surface area contributed by atoms with Gasteiger partial charge in [0.15, 0.2) is 0 Å². The van der Waals surface area contributed by atoms with Crippen LogP contribution in [0.4, 0.5) is 0 Å². The van der Waals surface area contributed by atoms with Crippen LogP contribution in [0.1, 0.15) is 18.2 Å². The molecule has 41 heavy (non-hydrogen) atoms. The van der Waals surface area contributed by atoms with Crippen LogP contribution < -0.4 is 5.56 Å². The summed E-state index contributed by atoms with van der Waals surface area (Å²) in [6.07, 6.45) is 6.19. The molecule has 0 aliphatic rings. The van der Waals surface area contributed by atoms with E-state index in [1.165, 1.54) is 0 Å². The van der Waals surface area contributed by atoms with E-state index in [9.17, 15) is 4.79 Å². The minimum absolute atomic E-state index is 0.0302. The summed E-state index contributed by atoms with van der Waals surface area (Å²) in [5, 5.41) is 6.15. The molecule has 0 atom stereocenters. The van der Waals surface area contributed by atoms with E-state index in [0.717, 1.165) is 76.9 Å². The lowest BCUT2D eigenvalue weighted by Gasteiger charge is -2.11. The third-order valence-electron chi connectivity index (χ3n) is 8.34. The minimum Gasteiger partial charge on any atom is -0.309 e. The highest BCUT2D eigenvalue weighted by Gasteiger charge is 2.20. The summed E-state index contributed by atoms with van der Waals surface area (Å²) in [6, 6.07) is 37.9. The van der Waals surface area contributed by atoms with E-state index in [-0.39, 0.29) is 5.56 Å². The molecule has 0 fully saturated rings. The second kappa shape index (κ2) is 8.80. The van der Waals surface area contributed by atoms with Gasteiger partial charge in [0.2, 0.25) is 0 Å². The molecule has 0 aliphatic carbocycles. The van der Waals surface area contributed by atoms with Crippen LogP contribution in [0.2, 0.25) is 0 Å². The fourth-order valence-corrected chi connectivity index (χ4v) is 6.61. The molecule has 3 heterocycles. The van der Waals surface area contributed by atoms with Crippen LogP contribution in [-0.4, -0.2) is 8.97 Å². The Morgan fingerprint density at radius 3 is 2.07 bits per heavy atom. The quantitative estimate of drug-likeness (QED) is 0.210. The lowest BCUT2D eigenvalue weighted by atomic mass is 9.96. The van der Waals surface area contributed by atoms with Crippen LogP contribution in [-0.2, 0) is 0 Å². The maximum atomic E-state index is 13.7. The summed E-state index contributed by atoms with van der Waals surface area (Å²) in [7, 11) is 0. The fourth-order valence-electron chi connectivity index (χ4n) is 6.61. The highest BCUT2D eigenvalue weighted by atomic mass is 16.1. The lowest BCUT2D eigenvalue weighted by molar-refractivity contribution is 1.10. The molecule has 3 nitrogen and oxygen atoms in total. The first-order valence-electron chi connectivity index (χ1n) is 13.9. The van der Waals surface area contributed by atoms with E-state index in [4.69, 9.17) is 0 Å². The zero-order chi connectivity index (χ0) is 27.7. The zero-order valence-corrected chi connectivity index (χ0v) is 22.6. The van der Waals surface area contributed by atoms with Crippen molar-refractivity contribution in [2.45, 2.75) is 6.92 Å². The standard InChI is InChI=1S/C38H26N2O/c1-3-12-34-27(4-2)30-20-19-24(23-36(30)39(34)26-13-6-5-7-14-26)25-21-32-28-15-8-9-17-31(28)38(41)40-35-18-11-10-16-29(35)33(22-25)37(32)40/h3-23H,2H2,1H3/b12-3-. The smallest absolute Gasteiger partial charge is 0.263 e. The Balaban J connectivity index is 1.50. The molecule has 0 bridgehead atoms. The second-order valence-corrected chi connectivity index (χ2v) is 10.5. The van der Waals surface area contributed by atoms with Gasteiger partial charge in [0.1, 0.15) is 0 Å². The van der Waals surface area contributed by atoms with E-state index in [1.54, 1.807) is 0 Å². The highest BCUT2D eigenvalue weighted by molar-refractivity contribution is 6.21. The summed E-state index contributed by atoms with van der Waals surface area (Å²) in [6.45, 7) is 6.20. The van der Waals surface area contributed by atoms with Gasteiger partial charge >= 0.3 is 0 Å². The average molecular weight is 527 g/mol. The number of rotatable bonds is 4. The predicted molar refractivity (Wildman–Crippen MR) is 174 cm³/mol. The summed E-state index contributed by atoms with van der Waals surface area (Å²) in [5.41, 5.74) is 8.67. The topological polar surface area (TPSA) is 26.4 Å². The number of fused-ring (bicyclic) bond motifs is 6. The number of hydrogen-bond donors (Lipinski definition) is 0. The number of aromatic nitrogens is 2. The van der Waals surface area contributed by atoms with Crippen LogP contribution in [0.25, 0.3) is 77.8 Å². The molecular formula is C38H26N2O. The molecule has 0 saturated carbocycles. The number of para-hydroxylation sites is 2. The van der Waals surface area contributed by atoms with Crippen LogP contribution in [0, 0.1) is 0 Å². The van der Waals surface area contributed by atoms with E-state index >= 15 is 0 Å². The summed E-state index contributed by atoms with van der Waals surface area (Å²) in [4.78, 5) is 13.7. The zero-order valence-electron chi connectivity index (χ0n) is 22.6. The monoisotopic (exact) mass is 526 g/mol. The van der Waals surface area contributed by atoms with Gasteiger partial charge in [-0.1, -0.05) is 85.5 Å². The van der Waals surface area contributed by atoms with Crippen LogP contribution >= 0.6 is 0 Å². The van der Waals surface area contributed by atoms with Gasteiger partial charge in [-0.15, -0.1) is 0 Å². The predicted octanol–water partition coefficient (Wildman–Crippen LogP) is 9.48. The van der Waals surface area contributed by atoms with E-state index in [0.29, 0.717) is 0 Å². The van der Waals surface area contributed by atoms with Gasteiger partial charge in [0.05, 0.1) is 22.2 Å². The molecular weight excluding hydrogens is 500 g/mol. The molecule has 8 rings (SSSR count). The van der Waals surface area contributed by atoms with Crippen LogP contribution in [0.5, 0.6) is 0 Å². The van der Waals surface area contributed by atoms with Gasteiger partial charge in [-0.05, 0) is 72.0 Å². The number of hydrogen-bond acceptors (Lipinski definition) is 1. The van der Waals surface area contributed by atoms with Crippen molar-refractivity contribution in [3.8, 4) is 16.8 Å². The maximum absolute atomic E-state index is 13.7. The third-order valence-corrected chi connectivity index (χ3v) is 8.34. The number of allylic oxidation sites excluding steroid dienone is 1. The molecule has 0 radical (unpaired) electrons. The van der Waals surface area contributed by atoms with Crippen molar-refractivity contribution in [1.82, 2.24) is 8.97 Å². The van der Waals surface area contributed by atoms with Crippen molar-refractivity contribution < 1.29 is 0 Å². The molecule has 0 amide bonds. The molecule has 5 aromatic carbocycles. The normalized spacial score (nSPS) is 12.1. The summed E-state index contributed by atoms with van der Waals surface area (Å²) >= 11 is 0. The largest absolute Gasteiger partial charge is 0.309 e. The Bertz CT molecular complexity index is 2400. The Morgan fingerprint density at radius 2 is 1.32 bits per heavy atom. The molecule has 0 N–H and O–H groups in total. The summed E-state index contributed by atoms with van der Waals surface area (Å²) in [5.74, 6) is 0. The Morgan fingerprint density at radius 1 is 0.634 bits per heavy atom. The average Bonchev–Trinajstić information content (AvgIpc) is 3.52. The van der Waals surface area contributed by atoms with Crippen molar-refractivity contribution in [2.75, 3.05) is 0 Å². The van der Waals surface area contributed by atoms with Crippen LogP contribution in [0.3, 0.4) is 0 Å². The number of pyridine rings is 1. The summed E-state index contributed by atoms with van der Waals surface area (Å²) < 4.78 is 4.22. The molecule has 194 valence electrons. The van der Waals surface area contributed by atoms with Gasteiger partial charge in [0.25, 0.3) is 5.56 Å². The van der Waals surface area contributed by atoms with Gasteiger partial charge in [-0.2, -0.15) is 0 Å². The lowest BCUT2D eigenvalue weighted by Crippen LogP contribution is -2.12. The van der Waals surface area contributed by atoms with Gasteiger partial charge in [-0.25, -0.2) is 0 Å². The van der Waals surface area contributed by atoms with Crippen molar-refractivity contribution in [1.29, 1.82) is 0 Å². The van der Waals surface area contributed by atoms with Crippen molar-refractivity contribution in [2.24, 2.45) is 0 Å².